The molecule has 1 aromatic heterocycles. The fourth-order valence-electron chi connectivity index (χ4n) is 1.67. The fourth-order valence-corrected chi connectivity index (χ4v) is 3.99. The molecule has 8 heteroatoms. The average molecular weight is 346 g/mol. The van der Waals surface area contributed by atoms with Gasteiger partial charge in [-0.15, -0.1) is 11.3 Å². The molecule has 0 spiro atoms. The summed E-state index contributed by atoms with van der Waals surface area (Å²) in [6, 6.07) is 9.31. The second-order valence-electron chi connectivity index (χ2n) is 4.02. The summed E-state index contributed by atoms with van der Waals surface area (Å²) in [6.07, 6.45) is 0. The Labute approximate surface area is 131 Å². The minimum Gasteiger partial charge on any atom is -0.465 e. The van der Waals surface area contributed by atoms with Gasteiger partial charge in [0.15, 0.2) is 0 Å². The highest BCUT2D eigenvalue weighted by molar-refractivity contribution is 7.89. The van der Waals surface area contributed by atoms with Gasteiger partial charge in [-0.1, -0.05) is 23.7 Å². The molecule has 5 nitrogen and oxygen atoms in total. The monoisotopic (exact) mass is 345 g/mol. The number of rotatable bonds is 5. The van der Waals surface area contributed by atoms with Gasteiger partial charge in [-0.25, -0.2) is 17.9 Å². The Balaban J connectivity index is 2.25. The van der Waals surface area contributed by atoms with E-state index in [0.29, 0.717) is 4.34 Å². The molecule has 0 atom stereocenters. The minimum absolute atomic E-state index is 0.00304. The van der Waals surface area contributed by atoms with Crippen molar-refractivity contribution in [3.63, 3.8) is 0 Å². The summed E-state index contributed by atoms with van der Waals surface area (Å²) in [5.41, 5.74) is -0.00304. The van der Waals surface area contributed by atoms with E-state index in [1.165, 1.54) is 30.6 Å². The third-order valence-electron chi connectivity index (χ3n) is 2.65. The predicted octanol–water partition coefficient (Wildman–Crippen LogP) is 2.67. The molecule has 0 aliphatic carbocycles. The van der Waals surface area contributed by atoms with E-state index >= 15 is 0 Å². The summed E-state index contributed by atoms with van der Waals surface area (Å²) in [6.45, 7) is 0.106. The van der Waals surface area contributed by atoms with Crippen molar-refractivity contribution in [2.45, 2.75) is 11.4 Å². The number of hydrogen-bond donors (Lipinski definition) is 1. The van der Waals surface area contributed by atoms with E-state index in [-0.39, 0.29) is 17.0 Å². The molecule has 0 saturated carbocycles. The quantitative estimate of drug-likeness (QED) is 0.845. The van der Waals surface area contributed by atoms with Crippen LogP contribution in [0.2, 0.25) is 4.34 Å². The Morgan fingerprint density at radius 1 is 1.29 bits per heavy atom. The van der Waals surface area contributed by atoms with Crippen molar-refractivity contribution in [1.29, 1.82) is 0 Å². The van der Waals surface area contributed by atoms with Crippen molar-refractivity contribution in [3.8, 4) is 0 Å². The summed E-state index contributed by atoms with van der Waals surface area (Å²) >= 11 is 7.08. The van der Waals surface area contributed by atoms with E-state index in [1.807, 2.05) is 0 Å². The van der Waals surface area contributed by atoms with Gasteiger partial charge in [0, 0.05) is 11.4 Å². The Bertz CT molecular complexity index is 755. The average Bonchev–Trinajstić information content (AvgIpc) is 2.90. The van der Waals surface area contributed by atoms with Crippen LogP contribution in [-0.4, -0.2) is 21.5 Å². The lowest BCUT2D eigenvalue weighted by atomic mass is 10.2. The van der Waals surface area contributed by atoms with Crippen LogP contribution in [-0.2, 0) is 21.3 Å². The number of benzene rings is 1. The molecule has 21 heavy (non-hydrogen) atoms. The number of hydrogen-bond acceptors (Lipinski definition) is 5. The van der Waals surface area contributed by atoms with Crippen LogP contribution in [0.1, 0.15) is 15.2 Å². The van der Waals surface area contributed by atoms with Crippen molar-refractivity contribution >= 4 is 38.9 Å². The molecule has 0 amide bonds. The van der Waals surface area contributed by atoms with Gasteiger partial charge in [0.2, 0.25) is 10.0 Å². The summed E-state index contributed by atoms with van der Waals surface area (Å²) in [7, 11) is -2.62. The number of carbonyl (C=O) groups is 1. The SMILES string of the molecule is COC(=O)c1ccccc1S(=O)(=O)NCc1ccc(Cl)s1. The molecular formula is C13H12ClNO4S2. The van der Waals surface area contributed by atoms with Crippen LogP contribution in [0.5, 0.6) is 0 Å². The first kappa shape index (κ1) is 16.0. The van der Waals surface area contributed by atoms with Gasteiger partial charge < -0.3 is 4.74 Å². The number of nitrogens with one attached hydrogen (secondary N) is 1. The second-order valence-corrected chi connectivity index (χ2v) is 7.55. The molecule has 2 aromatic rings. The maximum Gasteiger partial charge on any atom is 0.339 e. The van der Waals surface area contributed by atoms with Gasteiger partial charge in [0.05, 0.1) is 21.9 Å². The molecule has 1 aromatic carbocycles. The van der Waals surface area contributed by atoms with E-state index in [1.54, 1.807) is 24.3 Å². The number of thiophene rings is 1. The summed E-state index contributed by atoms with van der Waals surface area (Å²) in [5.74, 6) is -0.699. The topological polar surface area (TPSA) is 72.5 Å². The Kier molecular flexibility index (Phi) is 5.00. The zero-order valence-electron chi connectivity index (χ0n) is 11.0. The smallest absolute Gasteiger partial charge is 0.339 e. The number of carbonyl (C=O) groups excluding carboxylic acids is 1. The molecule has 112 valence electrons. The number of methoxy groups -OCH3 is 1. The van der Waals surface area contributed by atoms with Crippen LogP contribution in [0.25, 0.3) is 0 Å². The molecule has 0 unspecified atom stereocenters. The van der Waals surface area contributed by atoms with Gasteiger partial charge in [-0.05, 0) is 24.3 Å². The van der Waals surface area contributed by atoms with Crippen LogP contribution in [0.3, 0.4) is 0 Å². The highest BCUT2D eigenvalue weighted by atomic mass is 35.5. The molecular weight excluding hydrogens is 334 g/mol. The lowest BCUT2D eigenvalue weighted by Crippen LogP contribution is -2.25. The molecule has 1 heterocycles. The minimum atomic E-state index is -3.82. The molecule has 0 aliphatic heterocycles. The molecule has 0 bridgehead atoms. The Hall–Kier alpha value is -1.41. The van der Waals surface area contributed by atoms with Crippen molar-refractivity contribution in [2.24, 2.45) is 0 Å². The largest absolute Gasteiger partial charge is 0.465 e. The number of sulfonamides is 1. The van der Waals surface area contributed by atoms with Gasteiger partial charge in [0.25, 0.3) is 0 Å². The Morgan fingerprint density at radius 3 is 2.62 bits per heavy atom. The van der Waals surface area contributed by atoms with E-state index in [4.69, 9.17) is 11.6 Å². The van der Waals surface area contributed by atoms with E-state index in [0.717, 1.165) is 4.88 Å². The molecule has 0 saturated heterocycles. The lowest BCUT2D eigenvalue weighted by molar-refractivity contribution is 0.0596. The van der Waals surface area contributed by atoms with Gasteiger partial charge in [0.1, 0.15) is 0 Å². The second kappa shape index (κ2) is 6.57. The highest BCUT2D eigenvalue weighted by Crippen LogP contribution is 2.22. The van der Waals surface area contributed by atoms with E-state index in [2.05, 4.69) is 9.46 Å². The van der Waals surface area contributed by atoms with Gasteiger partial charge >= 0.3 is 5.97 Å². The normalized spacial score (nSPS) is 11.3. The summed E-state index contributed by atoms with van der Waals surface area (Å²) in [5, 5.41) is 0. The number of esters is 1. The van der Waals surface area contributed by atoms with Crippen LogP contribution >= 0.6 is 22.9 Å². The van der Waals surface area contributed by atoms with E-state index < -0.39 is 16.0 Å². The molecule has 0 fully saturated rings. The van der Waals surface area contributed by atoms with Crippen molar-refractivity contribution in [2.75, 3.05) is 7.11 Å². The molecule has 0 aliphatic rings. The molecule has 1 N–H and O–H groups in total. The zero-order valence-corrected chi connectivity index (χ0v) is 13.4. The van der Waals surface area contributed by atoms with Crippen molar-refractivity contribution in [1.82, 2.24) is 4.72 Å². The standard InChI is InChI=1S/C13H12ClNO4S2/c1-19-13(16)10-4-2-3-5-11(10)21(17,18)15-8-9-6-7-12(14)20-9/h2-7,15H,8H2,1H3. The maximum atomic E-state index is 12.3. The first-order valence-corrected chi connectivity index (χ1v) is 8.53. The number of ether oxygens (including phenoxy) is 1. The van der Waals surface area contributed by atoms with Crippen LogP contribution in [0.4, 0.5) is 0 Å². The summed E-state index contributed by atoms with van der Waals surface area (Å²) < 4.78 is 32.2. The van der Waals surface area contributed by atoms with Gasteiger partial charge in [-0.3, -0.25) is 0 Å². The molecule has 2 rings (SSSR count). The highest BCUT2D eigenvalue weighted by Gasteiger charge is 2.22. The first-order valence-electron chi connectivity index (χ1n) is 5.85. The summed E-state index contributed by atoms with van der Waals surface area (Å²) in [4.78, 5) is 12.3. The maximum absolute atomic E-state index is 12.3. The van der Waals surface area contributed by atoms with Crippen LogP contribution in [0.15, 0.2) is 41.3 Å². The zero-order chi connectivity index (χ0) is 15.5. The predicted molar refractivity (Wildman–Crippen MR) is 81.1 cm³/mol. The fraction of sp³-hybridized carbons (Fsp3) is 0.154. The first-order chi connectivity index (χ1) is 9.94. The van der Waals surface area contributed by atoms with Crippen molar-refractivity contribution in [3.05, 3.63) is 51.2 Å². The Morgan fingerprint density at radius 2 is 2.00 bits per heavy atom. The third kappa shape index (κ3) is 3.82. The van der Waals surface area contributed by atoms with E-state index in [9.17, 15) is 13.2 Å². The molecule has 0 radical (unpaired) electrons. The van der Waals surface area contributed by atoms with Gasteiger partial charge in [-0.2, -0.15) is 0 Å². The van der Waals surface area contributed by atoms with Crippen LogP contribution in [0, 0.1) is 0 Å². The lowest BCUT2D eigenvalue weighted by Gasteiger charge is -2.09. The van der Waals surface area contributed by atoms with Crippen molar-refractivity contribution < 1.29 is 17.9 Å². The number of halogens is 1. The van der Waals surface area contributed by atoms with Crippen LogP contribution < -0.4 is 4.72 Å². The third-order valence-corrected chi connectivity index (χ3v) is 5.34.